The zero-order valence-corrected chi connectivity index (χ0v) is 37.3. The van der Waals surface area contributed by atoms with Crippen LogP contribution in [0, 0.1) is 23.7 Å². The molecule has 2 amide bonds. The van der Waals surface area contributed by atoms with Crippen LogP contribution in [0.15, 0.2) is 0 Å². The van der Waals surface area contributed by atoms with Gasteiger partial charge in [-0.05, 0) is 87.5 Å². The fourth-order valence-electron chi connectivity index (χ4n) is 6.03. The van der Waals surface area contributed by atoms with Gasteiger partial charge in [-0.3, -0.25) is 43.2 Å². The number of nitrogens with one attached hydrogen (secondary N) is 2. The predicted molar refractivity (Wildman–Crippen MR) is 221 cm³/mol. The highest BCUT2D eigenvalue weighted by molar-refractivity contribution is 5.94. The van der Waals surface area contributed by atoms with Crippen LogP contribution in [0.3, 0.4) is 0 Å². The molecule has 0 aliphatic heterocycles. The number of esters is 1. The number of ketones is 8. The van der Waals surface area contributed by atoms with E-state index in [1.165, 1.54) is 34.6 Å². The summed E-state index contributed by atoms with van der Waals surface area (Å²) in [6.07, 6.45) is 0.697. The van der Waals surface area contributed by atoms with Gasteiger partial charge in [0, 0.05) is 75.7 Å². The smallest absolute Gasteiger partial charge is 0.309 e. The molecule has 340 valence electrons. The van der Waals surface area contributed by atoms with Crippen molar-refractivity contribution in [3.05, 3.63) is 0 Å². The summed E-state index contributed by atoms with van der Waals surface area (Å²) in [7, 11) is 0. The molecule has 60 heavy (non-hydrogen) atoms. The summed E-state index contributed by atoms with van der Waals surface area (Å²) in [5, 5.41) is 5.26. The molecule has 0 heterocycles. The summed E-state index contributed by atoms with van der Waals surface area (Å²) in [6.45, 7) is 13.7. The van der Waals surface area contributed by atoms with Crippen LogP contribution < -0.4 is 10.6 Å². The SMILES string of the molecule is CC(=O)CCC(CC(=O)CCC(NC(=O)COCCOCCNC(=O)CCC(CC(=O)CCC(C)C(=O)OC(C)(C)C)C(C)=O)C(=O)CC(CCC(C)=O)C(C)=O)C(C)=O. The average molecular weight is 851 g/mol. The van der Waals surface area contributed by atoms with Gasteiger partial charge in [-0.2, -0.15) is 0 Å². The van der Waals surface area contributed by atoms with Gasteiger partial charge in [-0.15, -0.1) is 0 Å². The van der Waals surface area contributed by atoms with E-state index in [1.54, 1.807) is 27.7 Å². The average Bonchev–Trinajstić information content (AvgIpc) is 3.13. The number of carbonyl (C=O) groups is 11. The molecule has 0 fully saturated rings. The Kier molecular flexibility index (Phi) is 27.7. The van der Waals surface area contributed by atoms with Crippen molar-refractivity contribution in [1.82, 2.24) is 10.6 Å². The minimum Gasteiger partial charge on any atom is -0.460 e. The van der Waals surface area contributed by atoms with E-state index in [9.17, 15) is 52.7 Å². The second kappa shape index (κ2) is 29.8. The van der Waals surface area contributed by atoms with Crippen LogP contribution in [0.5, 0.6) is 0 Å². The standard InChI is InChI=1S/C44H70N2O14/c1-28(43(57)60-44(7,8)9)10-16-37(52)25-35(32(5)50)15-19-41(55)45-20-21-58-22-23-59-27-42(56)46-39(40(54)26-36(33(6)51)14-12-30(3)48)18-17-38(53)24-34(31(4)49)13-11-29(2)47/h28,34-36,39H,10-27H2,1-9H3,(H,45,55)(H,46,56). The summed E-state index contributed by atoms with van der Waals surface area (Å²) >= 11 is 0. The second-order valence-electron chi connectivity index (χ2n) is 16.7. The van der Waals surface area contributed by atoms with Gasteiger partial charge >= 0.3 is 5.97 Å². The number of amides is 2. The molecular weight excluding hydrogens is 780 g/mol. The molecule has 0 spiro atoms. The van der Waals surface area contributed by atoms with Gasteiger partial charge in [0.05, 0.1) is 31.8 Å². The van der Waals surface area contributed by atoms with Gasteiger partial charge in [0.1, 0.15) is 52.7 Å². The highest BCUT2D eigenvalue weighted by atomic mass is 16.6. The maximum Gasteiger partial charge on any atom is 0.309 e. The zero-order valence-electron chi connectivity index (χ0n) is 37.3. The van der Waals surface area contributed by atoms with E-state index in [1.807, 2.05) is 0 Å². The summed E-state index contributed by atoms with van der Waals surface area (Å²) in [5.74, 6) is -5.77. The highest BCUT2D eigenvalue weighted by Crippen LogP contribution is 2.21. The van der Waals surface area contributed by atoms with Crippen LogP contribution >= 0.6 is 0 Å². The van der Waals surface area contributed by atoms with Gasteiger partial charge in [-0.1, -0.05) is 6.92 Å². The number of carbonyl (C=O) groups excluding carboxylic acids is 11. The van der Waals surface area contributed by atoms with E-state index in [-0.39, 0.29) is 156 Å². The van der Waals surface area contributed by atoms with E-state index >= 15 is 0 Å². The first kappa shape index (κ1) is 55.7. The fraction of sp³-hybridized carbons (Fsp3) is 0.750. The molecule has 16 heteroatoms. The van der Waals surface area contributed by atoms with E-state index in [0.717, 1.165) is 0 Å². The normalized spacial score (nSPS) is 13.8. The number of ether oxygens (including phenoxy) is 3. The lowest BCUT2D eigenvalue weighted by molar-refractivity contribution is -0.159. The zero-order chi connectivity index (χ0) is 46.0. The lowest BCUT2D eigenvalue weighted by Gasteiger charge is -2.22. The van der Waals surface area contributed by atoms with E-state index in [0.29, 0.717) is 6.42 Å². The molecule has 0 aromatic heterocycles. The summed E-state index contributed by atoms with van der Waals surface area (Å²) < 4.78 is 16.2. The maximum absolute atomic E-state index is 13.3. The molecule has 5 atom stereocenters. The van der Waals surface area contributed by atoms with Gasteiger partial charge in [-0.25, -0.2) is 0 Å². The van der Waals surface area contributed by atoms with Crippen molar-refractivity contribution < 1.29 is 67.0 Å². The Morgan fingerprint density at radius 2 is 1.00 bits per heavy atom. The van der Waals surface area contributed by atoms with E-state index in [4.69, 9.17) is 14.2 Å². The largest absolute Gasteiger partial charge is 0.460 e. The lowest BCUT2D eigenvalue weighted by atomic mass is 9.88. The Labute approximate surface area is 355 Å². The minimum absolute atomic E-state index is 0.00646. The molecule has 0 saturated heterocycles. The molecule has 0 aliphatic carbocycles. The molecule has 0 aliphatic rings. The second-order valence-corrected chi connectivity index (χ2v) is 16.7. The van der Waals surface area contributed by atoms with Crippen LogP contribution in [-0.2, 0) is 67.0 Å². The Morgan fingerprint density at radius 3 is 1.48 bits per heavy atom. The van der Waals surface area contributed by atoms with Gasteiger partial charge in [0.2, 0.25) is 11.8 Å². The quantitative estimate of drug-likeness (QED) is 0.0673. The third-order valence-electron chi connectivity index (χ3n) is 9.80. The Hall–Kier alpha value is -4.31. The molecular formula is C44H70N2O14. The summed E-state index contributed by atoms with van der Waals surface area (Å²) in [4.78, 5) is 135. The summed E-state index contributed by atoms with van der Waals surface area (Å²) in [6, 6.07) is -1.14. The highest BCUT2D eigenvalue weighted by Gasteiger charge is 2.28. The van der Waals surface area contributed by atoms with Crippen LogP contribution in [0.1, 0.15) is 146 Å². The van der Waals surface area contributed by atoms with Crippen LogP contribution in [0.25, 0.3) is 0 Å². The van der Waals surface area contributed by atoms with Crippen LogP contribution in [-0.4, -0.2) is 109 Å². The van der Waals surface area contributed by atoms with Crippen molar-refractivity contribution in [2.24, 2.45) is 23.7 Å². The first-order valence-corrected chi connectivity index (χ1v) is 20.9. The molecule has 0 rings (SSSR count). The molecule has 0 aromatic carbocycles. The molecule has 16 nitrogen and oxygen atoms in total. The molecule has 0 saturated carbocycles. The fourth-order valence-corrected chi connectivity index (χ4v) is 6.03. The number of Topliss-reactive ketones (excluding diaryl/α,β-unsaturated/α-hetero) is 8. The Bertz CT molecular complexity index is 1500. The van der Waals surface area contributed by atoms with Gasteiger partial charge in [0.25, 0.3) is 0 Å². The topological polar surface area (TPSA) is 240 Å². The van der Waals surface area contributed by atoms with Crippen molar-refractivity contribution in [3.63, 3.8) is 0 Å². The van der Waals surface area contributed by atoms with Crippen molar-refractivity contribution in [3.8, 4) is 0 Å². The number of hydrogen-bond acceptors (Lipinski definition) is 14. The first-order chi connectivity index (χ1) is 27.9. The predicted octanol–water partition coefficient (Wildman–Crippen LogP) is 4.17. The Morgan fingerprint density at radius 1 is 0.533 bits per heavy atom. The van der Waals surface area contributed by atoms with Crippen molar-refractivity contribution in [2.45, 2.75) is 157 Å². The van der Waals surface area contributed by atoms with Crippen LogP contribution in [0.2, 0.25) is 0 Å². The molecule has 2 N–H and O–H groups in total. The van der Waals surface area contributed by atoms with E-state index in [2.05, 4.69) is 10.6 Å². The number of rotatable bonds is 35. The number of hydrogen-bond donors (Lipinski definition) is 2. The monoisotopic (exact) mass is 850 g/mol. The maximum atomic E-state index is 13.3. The first-order valence-electron chi connectivity index (χ1n) is 20.9. The molecule has 0 bridgehead atoms. The van der Waals surface area contributed by atoms with Crippen molar-refractivity contribution in [2.75, 3.05) is 33.0 Å². The van der Waals surface area contributed by atoms with Crippen molar-refractivity contribution in [1.29, 1.82) is 0 Å². The minimum atomic E-state index is -1.14. The van der Waals surface area contributed by atoms with Crippen LogP contribution in [0.4, 0.5) is 0 Å². The van der Waals surface area contributed by atoms with Gasteiger partial charge < -0.3 is 34.4 Å². The van der Waals surface area contributed by atoms with Gasteiger partial charge in [0.15, 0.2) is 5.78 Å². The molecule has 5 unspecified atom stereocenters. The Balaban J connectivity index is 4.86. The third-order valence-corrected chi connectivity index (χ3v) is 9.80. The molecule has 0 aromatic rings. The lowest BCUT2D eigenvalue weighted by Crippen LogP contribution is -2.44. The summed E-state index contributed by atoms with van der Waals surface area (Å²) in [5.41, 5.74) is -0.631. The van der Waals surface area contributed by atoms with E-state index < -0.39 is 53.6 Å². The van der Waals surface area contributed by atoms with Crippen molar-refractivity contribution >= 4 is 64.0 Å². The third kappa shape index (κ3) is 28.2. The molecule has 0 radical (unpaired) electrons.